The predicted octanol–water partition coefficient (Wildman–Crippen LogP) is 2.56. The van der Waals surface area contributed by atoms with Crippen LogP contribution in [-0.2, 0) is 13.5 Å². The lowest BCUT2D eigenvalue weighted by Gasteiger charge is -1.99. The lowest BCUT2D eigenvalue weighted by atomic mass is 10.1. The Bertz CT molecular complexity index is 475. The molecule has 0 fully saturated rings. The fourth-order valence-corrected chi connectivity index (χ4v) is 2.69. The SMILES string of the molecule is CNCCc1cn(C)nc1-c1ccc(Cl)s1. The minimum absolute atomic E-state index is 0.806. The lowest BCUT2D eigenvalue weighted by molar-refractivity contribution is 0.765. The van der Waals surface area contributed by atoms with Crippen LogP contribution in [0.25, 0.3) is 10.6 Å². The van der Waals surface area contributed by atoms with Gasteiger partial charge >= 0.3 is 0 Å². The van der Waals surface area contributed by atoms with E-state index in [-0.39, 0.29) is 0 Å². The van der Waals surface area contributed by atoms with Crippen molar-refractivity contribution in [3.63, 3.8) is 0 Å². The van der Waals surface area contributed by atoms with E-state index in [9.17, 15) is 0 Å². The summed E-state index contributed by atoms with van der Waals surface area (Å²) in [6.45, 7) is 0.956. The first-order valence-corrected chi connectivity index (χ1v) is 6.33. The average molecular weight is 256 g/mol. The number of aromatic nitrogens is 2. The molecule has 0 unspecified atom stereocenters. The molecule has 5 heteroatoms. The number of likely N-dealkylation sites (N-methyl/N-ethyl adjacent to an activating group) is 1. The smallest absolute Gasteiger partial charge is 0.106 e. The molecular weight excluding hydrogens is 242 g/mol. The van der Waals surface area contributed by atoms with E-state index in [0.717, 1.165) is 27.9 Å². The number of hydrogen-bond donors (Lipinski definition) is 1. The lowest BCUT2D eigenvalue weighted by Crippen LogP contribution is -2.10. The van der Waals surface area contributed by atoms with Gasteiger partial charge in [-0.1, -0.05) is 11.6 Å². The molecule has 0 saturated carbocycles. The second-order valence-electron chi connectivity index (χ2n) is 3.63. The topological polar surface area (TPSA) is 29.9 Å². The normalized spacial score (nSPS) is 10.9. The van der Waals surface area contributed by atoms with E-state index in [1.54, 1.807) is 11.3 Å². The van der Waals surface area contributed by atoms with Crippen molar-refractivity contribution in [1.29, 1.82) is 0 Å². The van der Waals surface area contributed by atoms with Crippen LogP contribution in [0.15, 0.2) is 18.3 Å². The number of rotatable bonds is 4. The van der Waals surface area contributed by atoms with Crippen LogP contribution in [0.1, 0.15) is 5.56 Å². The monoisotopic (exact) mass is 255 g/mol. The molecule has 3 nitrogen and oxygen atoms in total. The maximum Gasteiger partial charge on any atom is 0.106 e. The minimum Gasteiger partial charge on any atom is -0.319 e. The van der Waals surface area contributed by atoms with E-state index in [1.165, 1.54) is 5.56 Å². The average Bonchev–Trinajstić information content (AvgIpc) is 2.81. The molecule has 16 heavy (non-hydrogen) atoms. The second-order valence-corrected chi connectivity index (χ2v) is 5.35. The second kappa shape index (κ2) is 4.99. The van der Waals surface area contributed by atoms with Crippen molar-refractivity contribution in [3.05, 3.63) is 28.2 Å². The highest BCUT2D eigenvalue weighted by atomic mass is 35.5. The van der Waals surface area contributed by atoms with Gasteiger partial charge < -0.3 is 5.32 Å². The Morgan fingerprint density at radius 3 is 2.94 bits per heavy atom. The Hall–Kier alpha value is -0.840. The van der Waals surface area contributed by atoms with Crippen LogP contribution >= 0.6 is 22.9 Å². The molecule has 0 aliphatic carbocycles. The molecule has 0 aliphatic heterocycles. The Balaban J connectivity index is 2.32. The zero-order valence-corrected chi connectivity index (χ0v) is 10.9. The van der Waals surface area contributed by atoms with Crippen molar-refractivity contribution in [2.45, 2.75) is 6.42 Å². The molecule has 2 heterocycles. The number of aryl methyl sites for hydroxylation is 1. The van der Waals surface area contributed by atoms with Gasteiger partial charge in [-0.15, -0.1) is 11.3 Å². The molecule has 0 spiro atoms. The fraction of sp³-hybridized carbons (Fsp3) is 0.364. The molecule has 0 bridgehead atoms. The summed E-state index contributed by atoms with van der Waals surface area (Å²) in [6, 6.07) is 3.94. The Morgan fingerprint density at radius 1 is 1.50 bits per heavy atom. The molecule has 2 rings (SSSR count). The van der Waals surface area contributed by atoms with Gasteiger partial charge in [0.15, 0.2) is 0 Å². The van der Waals surface area contributed by atoms with Gasteiger partial charge in [0.25, 0.3) is 0 Å². The fourth-order valence-electron chi connectivity index (χ4n) is 1.63. The van der Waals surface area contributed by atoms with Crippen LogP contribution in [0.5, 0.6) is 0 Å². The first-order valence-electron chi connectivity index (χ1n) is 5.13. The molecule has 0 aromatic carbocycles. The molecule has 0 radical (unpaired) electrons. The van der Waals surface area contributed by atoms with Gasteiger partial charge in [0.05, 0.1) is 9.21 Å². The van der Waals surface area contributed by atoms with Crippen molar-refractivity contribution in [3.8, 4) is 10.6 Å². The predicted molar refractivity (Wildman–Crippen MR) is 69.2 cm³/mol. The summed E-state index contributed by atoms with van der Waals surface area (Å²) >= 11 is 7.52. The van der Waals surface area contributed by atoms with Gasteiger partial charge in [-0.2, -0.15) is 5.10 Å². The summed E-state index contributed by atoms with van der Waals surface area (Å²) in [7, 11) is 3.90. The highest BCUT2D eigenvalue weighted by Crippen LogP contribution is 2.32. The third-order valence-electron chi connectivity index (χ3n) is 2.36. The molecule has 0 saturated heterocycles. The van der Waals surface area contributed by atoms with Crippen molar-refractivity contribution in [2.75, 3.05) is 13.6 Å². The van der Waals surface area contributed by atoms with Crippen molar-refractivity contribution >= 4 is 22.9 Å². The standard InChI is InChI=1S/C11H14ClN3S/c1-13-6-5-8-7-15(2)14-11(8)9-3-4-10(12)16-9/h3-4,7,13H,5-6H2,1-2H3. The van der Waals surface area contributed by atoms with Crippen LogP contribution in [0.4, 0.5) is 0 Å². The van der Waals surface area contributed by atoms with E-state index in [1.807, 2.05) is 30.9 Å². The molecule has 0 aliphatic rings. The highest BCUT2D eigenvalue weighted by Gasteiger charge is 2.11. The van der Waals surface area contributed by atoms with Crippen molar-refractivity contribution in [1.82, 2.24) is 15.1 Å². The highest BCUT2D eigenvalue weighted by molar-refractivity contribution is 7.19. The van der Waals surface area contributed by atoms with Gasteiger partial charge in [0.2, 0.25) is 0 Å². The minimum atomic E-state index is 0.806. The van der Waals surface area contributed by atoms with E-state index < -0.39 is 0 Å². The van der Waals surface area contributed by atoms with Gasteiger partial charge in [0, 0.05) is 18.8 Å². The van der Waals surface area contributed by atoms with E-state index in [4.69, 9.17) is 11.6 Å². The Morgan fingerprint density at radius 2 is 2.31 bits per heavy atom. The molecule has 2 aromatic heterocycles. The van der Waals surface area contributed by atoms with Crippen molar-refractivity contribution < 1.29 is 0 Å². The zero-order chi connectivity index (χ0) is 11.5. The molecular formula is C11H14ClN3S. The maximum atomic E-state index is 5.95. The summed E-state index contributed by atoms with van der Waals surface area (Å²) in [5.41, 5.74) is 2.31. The summed E-state index contributed by atoms with van der Waals surface area (Å²) in [5.74, 6) is 0. The first-order chi connectivity index (χ1) is 7.70. The number of nitrogens with one attached hydrogen (secondary N) is 1. The maximum absolute atomic E-state index is 5.95. The molecule has 0 atom stereocenters. The van der Waals surface area contributed by atoms with Crippen molar-refractivity contribution in [2.24, 2.45) is 7.05 Å². The molecule has 86 valence electrons. The van der Waals surface area contributed by atoms with E-state index >= 15 is 0 Å². The van der Waals surface area contributed by atoms with Gasteiger partial charge in [-0.05, 0) is 32.1 Å². The quantitative estimate of drug-likeness (QED) is 0.910. The third kappa shape index (κ3) is 2.45. The van der Waals surface area contributed by atoms with Crippen LogP contribution in [0.3, 0.4) is 0 Å². The van der Waals surface area contributed by atoms with Gasteiger partial charge in [-0.3, -0.25) is 4.68 Å². The van der Waals surface area contributed by atoms with Crippen LogP contribution in [0.2, 0.25) is 4.34 Å². The summed E-state index contributed by atoms with van der Waals surface area (Å²) < 4.78 is 2.66. The van der Waals surface area contributed by atoms with Crippen LogP contribution in [-0.4, -0.2) is 23.4 Å². The Kier molecular flexibility index (Phi) is 3.63. The summed E-state index contributed by atoms with van der Waals surface area (Å²) in [4.78, 5) is 1.14. The van der Waals surface area contributed by atoms with Crippen LogP contribution < -0.4 is 5.32 Å². The van der Waals surface area contributed by atoms with E-state index in [2.05, 4.69) is 16.6 Å². The number of hydrogen-bond acceptors (Lipinski definition) is 3. The molecule has 2 aromatic rings. The number of halogens is 1. The zero-order valence-electron chi connectivity index (χ0n) is 9.33. The van der Waals surface area contributed by atoms with E-state index in [0.29, 0.717) is 0 Å². The molecule has 1 N–H and O–H groups in total. The summed E-state index contributed by atoms with van der Waals surface area (Å²) in [5, 5.41) is 7.64. The van der Waals surface area contributed by atoms with Crippen LogP contribution in [0, 0.1) is 0 Å². The Labute approximate surface area is 104 Å². The van der Waals surface area contributed by atoms with Gasteiger partial charge in [-0.25, -0.2) is 0 Å². The summed E-state index contributed by atoms with van der Waals surface area (Å²) in [6.07, 6.45) is 3.05. The molecule has 0 amide bonds. The van der Waals surface area contributed by atoms with Gasteiger partial charge in [0.1, 0.15) is 5.69 Å². The largest absolute Gasteiger partial charge is 0.319 e. The third-order valence-corrected chi connectivity index (χ3v) is 3.59. The number of thiophene rings is 1. The first kappa shape index (κ1) is 11.6. The number of nitrogens with zero attached hydrogens (tertiary/aromatic N) is 2.